The van der Waals surface area contributed by atoms with Crippen LogP contribution in [0.5, 0.6) is 5.75 Å². The molecule has 4 rings (SSSR count). The SMILES string of the molecule is Cc1cc(C)c2oc(-c3ccc(NC(=O)COc4ccc([N+](=O)[O-])cc4)cc3)nc2c1. The molecule has 0 aliphatic heterocycles. The average Bonchev–Trinajstić information content (AvgIpc) is 3.17. The number of benzene rings is 3. The molecule has 8 heteroatoms. The topological polar surface area (TPSA) is 108 Å². The van der Waals surface area contributed by atoms with E-state index in [1.807, 2.05) is 32.0 Å². The first kappa shape index (κ1) is 20.1. The predicted molar refractivity (Wildman–Crippen MR) is 116 cm³/mol. The van der Waals surface area contributed by atoms with Crippen LogP contribution in [0.2, 0.25) is 0 Å². The summed E-state index contributed by atoms with van der Waals surface area (Å²) >= 11 is 0. The van der Waals surface area contributed by atoms with Gasteiger partial charge in [0.25, 0.3) is 11.6 Å². The van der Waals surface area contributed by atoms with Gasteiger partial charge in [-0.3, -0.25) is 14.9 Å². The van der Waals surface area contributed by atoms with Gasteiger partial charge in [0.15, 0.2) is 12.2 Å². The average molecular weight is 417 g/mol. The van der Waals surface area contributed by atoms with Gasteiger partial charge in [-0.2, -0.15) is 0 Å². The van der Waals surface area contributed by atoms with Gasteiger partial charge in [0.2, 0.25) is 5.89 Å². The number of aromatic nitrogens is 1. The number of oxazole rings is 1. The van der Waals surface area contributed by atoms with Gasteiger partial charge in [0.05, 0.1) is 4.92 Å². The lowest BCUT2D eigenvalue weighted by atomic mass is 10.1. The summed E-state index contributed by atoms with van der Waals surface area (Å²) in [7, 11) is 0. The second-order valence-electron chi connectivity index (χ2n) is 7.11. The minimum Gasteiger partial charge on any atom is -0.484 e. The normalized spacial score (nSPS) is 10.8. The van der Waals surface area contributed by atoms with Crippen molar-refractivity contribution >= 4 is 28.4 Å². The molecule has 156 valence electrons. The first-order chi connectivity index (χ1) is 14.9. The molecule has 0 bridgehead atoms. The number of hydrogen-bond donors (Lipinski definition) is 1. The van der Waals surface area contributed by atoms with Crippen LogP contribution in [0.25, 0.3) is 22.6 Å². The van der Waals surface area contributed by atoms with E-state index >= 15 is 0 Å². The molecule has 1 heterocycles. The fourth-order valence-corrected chi connectivity index (χ4v) is 3.21. The molecule has 0 saturated carbocycles. The van der Waals surface area contributed by atoms with E-state index in [1.54, 1.807) is 12.1 Å². The number of rotatable bonds is 6. The third kappa shape index (κ3) is 4.53. The smallest absolute Gasteiger partial charge is 0.269 e. The number of amides is 1. The molecule has 0 aliphatic rings. The maximum atomic E-state index is 12.1. The molecule has 0 fully saturated rings. The van der Waals surface area contributed by atoms with Crippen molar-refractivity contribution in [1.29, 1.82) is 0 Å². The lowest BCUT2D eigenvalue weighted by molar-refractivity contribution is -0.384. The van der Waals surface area contributed by atoms with Crippen molar-refractivity contribution < 1.29 is 18.9 Å². The highest BCUT2D eigenvalue weighted by atomic mass is 16.6. The monoisotopic (exact) mass is 417 g/mol. The molecule has 0 aliphatic carbocycles. The van der Waals surface area contributed by atoms with Gasteiger partial charge in [-0.25, -0.2) is 4.98 Å². The fraction of sp³-hybridized carbons (Fsp3) is 0.130. The number of carbonyl (C=O) groups excluding carboxylic acids is 1. The van der Waals surface area contributed by atoms with E-state index in [-0.39, 0.29) is 18.2 Å². The molecular weight excluding hydrogens is 398 g/mol. The number of nitrogens with one attached hydrogen (secondary N) is 1. The number of aryl methyl sites for hydroxylation is 2. The number of carbonyl (C=O) groups is 1. The molecule has 0 radical (unpaired) electrons. The number of hydrogen-bond acceptors (Lipinski definition) is 6. The zero-order valence-corrected chi connectivity index (χ0v) is 16.9. The van der Waals surface area contributed by atoms with Gasteiger partial charge in [-0.05, 0) is 67.4 Å². The van der Waals surface area contributed by atoms with Crippen molar-refractivity contribution in [3.8, 4) is 17.2 Å². The van der Waals surface area contributed by atoms with E-state index in [0.29, 0.717) is 17.3 Å². The predicted octanol–water partition coefficient (Wildman–Crippen LogP) is 5.04. The standard InChI is InChI=1S/C23H19N3O5/c1-14-11-15(2)22-20(12-14)25-23(31-22)16-3-5-17(6-4-16)24-21(27)13-30-19-9-7-18(8-10-19)26(28)29/h3-12H,13H2,1-2H3,(H,24,27). The largest absolute Gasteiger partial charge is 0.484 e. The minimum atomic E-state index is -0.497. The Balaban J connectivity index is 1.38. The van der Waals surface area contributed by atoms with Crippen LogP contribution >= 0.6 is 0 Å². The molecule has 0 unspecified atom stereocenters. The van der Waals surface area contributed by atoms with Gasteiger partial charge < -0.3 is 14.5 Å². The highest BCUT2D eigenvalue weighted by Crippen LogP contribution is 2.28. The molecule has 0 spiro atoms. The van der Waals surface area contributed by atoms with Crippen LogP contribution in [0.15, 0.2) is 65.1 Å². The van der Waals surface area contributed by atoms with E-state index in [0.717, 1.165) is 27.8 Å². The molecule has 1 N–H and O–H groups in total. The van der Waals surface area contributed by atoms with E-state index in [2.05, 4.69) is 16.4 Å². The van der Waals surface area contributed by atoms with Crippen LogP contribution in [-0.2, 0) is 4.79 Å². The molecule has 0 atom stereocenters. The van der Waals surface area contributed by atoms with Gasteiger partial charge in [-0.15, -0.1) is 0 Å². The Kier molecular flexibility index (Phi) is 5.36. The van der Waals surface area contributed by atoms with Crippen molar-refractivity contribution in [2.75, 3.05) is 11.9 Å². The number of anilines is 1. The third-order valence-corrected chi connectivity index (χ3v) is 4.65. The van der Waals surface area contributed by atoms with Crippen molar-refractivity contribution in [3.05, 3.63) is 81.9 Å². The minimum absolute atomic E-state index is 0.0406. The first-order valence-electron chi connectivity index (χ1n) is 9.54. The van der Waals surface area contributed by atoms with Crippen molar-refractivity contribution in [2.24, 2.45) is 0 Å². The van der Waals surface area contributed by atoms with Crippen molar-refractivity contribution in [3.63, 3.8) is 0 Å². The number of nitrogens with zero attached hydrogens (tertiary/aromatic N) is 2. The van der Waals surface area contributed by atoms with Gasteiger partial charge >= 0.3 is 0 Å². The molecule has 3 aromatic carbocycles. The highest BCUT2D eigenvalue weighted by molar-refractivity contribution is 5.92. The summed E-state index contributed by atoms with van der Waals surface area (Å²) in [4.78, 5) is 26.9. The Hall–Kier alpha value is -4.20. The molecule has 31 heavy (non-hydrogen) atoms. The van der Waals surface area contributed by atoms with E-state index < -0.39 is 4.92 Å². The van der Waals surface area contributed by atoms with Gasteiger partial charge in [0, 0.05) is 23.4 Å². The number of nitro benzene ring substituents is 1. The summed E-state index contributed by atoms with van der Waals surface area (Å²) in [5, 5.41) is 13.4. The number of non-ortho nitro benzene ring substituents is 1. The van der Waals surface area contributed by atoms with E-state index in [9.17, 15) is 14.9 Å². The molecule has 0 saturated heterocycles. The third-order valence-electron chi connectivity index (χ3n) is 4.65. The maximum absolute atomic E-state index is 12.1. The highest BCUT2D eigenvalue weighted by Gasteiger charge is 2.12. The zero-order valence-electron chi connectivity index (χ0n) is 16.9. The summed E-state index contributed by atoms with van der Waals surface area (Å²) in [5.41, 5.74) is 5.10. The van der Waals surface area contributed by atoms with E-state index in [4.69, 9.17) is 9.15 Å². The fourth-order valence-electron chi connectivity index (χ4n) is 3.21. The number of nitro groups is 1. The van der Waals surface area contributed by atoms with Gasteiger partial charge in [0.1, 0.15) is 11.3 Å². The summed E-state index contributed by atoms with van der Waals surface area (Å²) in [6, 6.07) is 16.7. The van der Waals surface area contributed by atoms with Crippen molar-refractivity contribution in [1.82, 2.24) is 4.98 Å². The summed E-state index contributed by atoms with van der Waals surface area (Å²) < 4.78 is 11.3. The Morgan fingerprint density at radius 3 is 2.48 bits per heavy atom. The molecule has 4 aromatic rings. The lowest BCUT2D eigenvalue weighted by Gasteiger charge is -2.07. The molecular formula is C23H19N3O5. The Morgan fingerprint density at radius 2 is 1.81 bits per heavy atom. The Labute approximate surface area is 177 Å². The van der Waals surface area contributed by atoms with Gasteiger partial charge in [-0.1, -0.05) is 6.07 Å². The summed E-state index contributed by atoms with van der Waals surface area (Å²) in [6.45, 7) is 3.79. The molecule has 1 aromatic heterocycles. The summed E-state index contributed by atoms with van der Waals surface area (Å²) in [5.74, 6) is 0.541. The Morgan fingerprint density at radius 1 is 1.10 bits per heavy atom. The quantitative estimate of drug-likeness (QED) is 0.348. The maximum Gasteiger partial charge on any atom is 0.269 e. The van der Waals surface area contributed by atoms with Crippen LogP contribution in [0.3, 0.4) is 0 Å². The van der Waals surface area contributed by atoms with Crippen LogP contribution in [0.1, 0.15) is 11.1 Å². The van der Waals surface area contributed by atoms with Crippen LogP contribution < -0.4 is 10.1 Å². The van der Waals surface area contributed by atoms with Crippen LogP contribution in [-0.4, -0.2) is 22.4 Å². The second kappa shape index (κ2) is 8.27. The zero-order chi connectivity index (χ0) is 22.0. The number of ether oxygens (including phenoxy) is 1. The number of fused-ring (bicyclic) bond motifs is 1. The second-order valence-corrected chi connectivity index (χ2v) is 7.11. The Bertz CT molecular complexity index is 1260. The first-order valence-corrected chi connectivity index (χ1v) is 9.54. The van der Waals surface area contributed by atoms with E-state index in [1.165, 1.54) is 24.3 Å². The lowest BCUT2D eigenvalue weighted by Crippen LogP contribution is -2.20. The molecule has 8 nitrogen and oxygen atoms in total. The van der Waals surface area contributed by atoms with Crippen molar-refractivity contribution in [2.45, 2.75) is 13.8 Å². The molecule has 1 amide bonds. The van der Waals surface area contributed by atoms with Crippen LogP contribution in [0.4, 0.5) is 11.4 Å². The summed E-state index contributed by atoms with van der Waals surface area (Å²) in [6.07, 6.45) is 0. The van der Waals surface area contributed by atoms with Crippen LogP contribution in [0, 0.1) is 24.0 Å².